The Morgan fingerprint density at radius 2 is 1.37 bits per heavy atom. The maximum absolute atomic E-state index is 14.0. The molecule has 450 valence electrons. The van der Waals surface area contributed by atoms with Gasteiger partial charge < -0.3 is 59.9 Å². The summed E-state index contributed by atoms with van der Waals surface area (Å²) < 4.78 is 61.4. The second-order valence-electron chi connectivity index (χ2n) is 19.8. The van der Waals surface area contributed by atoms with Crippen LogP contribution in [0.3, 0.4) is 0 Å². The number of fused-ring (bicyclic) bond motifs is 1. The summed E-state index contributed by atoms with van der Waals surface area (Å²) in [5, 5.41) is 37.0. The number of aromatic amines is 1. The number of benzene rings is 4. The molecule has 0 radical (unpaired) electrons. The number of carbonyl (C=O) groups is 4. The van der Waals surface area contributed by atoms with Gasteiger partial charge in [-0.2, -0.15) is 5.10 Å². The Bertz CT molecular complexity index is 3170. The number of aryl methyl sites for hydroxylation is 1. The average molecular weight is 1190 g/mol. The van der Waals surface area contributed by atoms with Crippen molar-refractivity contribution in [3.63, 3.8) is 0 Å². The van der Waals surface area contributed by atoms with E-state index in [1.165, 1.54) is 32.0 Å². The standard InChI is InChI=1S/C57H70F2N12O12S/c1-37-56(71(76)77)84-57(62-37)66-55(75)46-6-4-44(34-50(46)63-38(2)72)60-11-19-79-21-23-81-25-27-83-28-26-82-24-22-80-20-12-61-52(73)36-69-13-15-70(16-14-69)45-5-7-47(51(35-45)64-43-9-17-78-18-10-43)54(74)65-53-48-32-39(3-8-49(48)67-68-53)29-40-30-41(58)33-42(59)31-40/h3-8,30-35,43,60,64H,9-29,36H2,1-2H3,(H,61,73)(H,63,72)(H,62,66,75)(H2,65,67,68,74). The van der Waals surface area contributed by atoms with Crippen molar-refractivity contribution in [3.8, 4) is 0 Å². The van der Waals surface area contributed by atoms with Crippen LogP contribution in [0.1, 0.15) is 57.3 Å². The normalized spacial score (nSPS) is 13.9. The summed E-state index contributed by atoms with van der Waals surface area (Å²) in [6.45, 7) is 11.6. The minimum absolute atomic E-state index is 0.0737. The number of H-pyrrole nitrogens is 1. The van der Waals surface area contributed by atoms with Gasteiger partial charge in [0.25, 0.3) is 11.8 Å². The molecule has 7 N–H and O–H groups in total. The van der Waals surface area contributed by atoms with Gasteiger partial charge in [0.05, 0.1) is 99.9 Å². The molecule has 4 amide bonds. The lowest BCUT2D eigenvalue weighted by Gasteiger charge is -2.36. The molecule has 27 heteroatoms. The number of ether oxygens (including phenoxy) is 6. The van der Waals surface area contributed by atoms with Gasteiger partial charge in [0, 0.05) is 94.0 Å². The van der Waals surface area contributed by atoms with E-state index in [1.54, 1.807) is 12.1 Å². The fourth-order valence-corrected chi connectivity index (χ4v) is 10.1. The molecule has 0 bridgehead atoms. The van der Waals surface area contributed by atoms with Gasteiger partial charge in [0.2, 0.25) is 11.8 Å². The number of hydrogen-bond donors (Lipinski definition) is 7. The number of nitro groups is 1. The van der Waals surface area contributed by atoms with E-state index in [0.29, 0.717) is 164 Å². The lowest BCUT2D eigenvalue weighted by atomic mass is 10.0. The molecule has 2 fully saturated rings. The first kappa shape index (κ1) is 62.3. The highest BCUT2D eigenvalue weighted by Gasteiger charge is 2.25. The van der Waals surface area contributed by atoms with Crippen molar-refractivity contribution in [3.05, 3.63) is 122 Å². The summed E-state index contributed by atoms with van der Waals surface area (Å²) in [4.78, 5) is 70.7. The first-order chi connectivity index (χ1) is 40.7. The number of rotatable bonds is 32. The zero-order valence-electron chi connectivity index (χ0n) is 46.9. The Kier molecular flexibility index (Phi) is 23.6. The van der Waals surface area contributed by atoms with Crippen LogP contribution in [0.15, 0.2) is 72.8 Å². The van der Waals surface area contributed by atoms with Crippen molar-refractivity contribution in [2.45, 2.75) is 39.2 Å². The molecule has 6 aromatic rings. The third kappa shape index (κ3) is 19.1. The van der Waals surface area contributed by atoms with Crippen LogP contribution in [0.2, 0.25) is 0 Å². The maximum atomic E-state index is 14.0. The first-order valence-corrected chi connectivity index (χ1v) is 28.5. The largest absolute Gasteiger partial charge is 0.383 e. The molecule has 0 aliphatic carbocycles. The number of thiazole rings is 1. The Morgan fingerprint density at radius 1 is 0.738 bits per heavy atom. The number of nitrogens with zero attached hydrogens (tertiary/aromatic N) is 5. The van der Waals surface area contributed by atoms with Crippen LogP contribution >= 0.6 is 11.3 Å². The molecule has 0 spiro atoms. The molecule has 24 nitrogen and oxygen atoms in total. The van der Waals surface area contributed by atoms with E-state index in [9.17, 15) is 38.1 Å². The molecule has 2 aromatic heterocycles. The van der Waals surface area contributed by atoms with Crippen molar-refractivity contribution in [1.29, 1.82) is 0 Å². The van der Waals surface area contributed by atoms with Gasteiger partial charge in [-0.3, -0.25) is 44.6 Å². The smallest absolute Gasteiger partial charge is 0.348 e. The number of piperazine rings is 1. The average Bonchev–Trinajstić information content (AvgIpc) is 3.05. The number of carbonyl (C=O) groups excluding carboxylic acids is 4. The first-order valence-electron chi connectivity index (χ1n) is 27.7. The van der Waals surface area contributed by atoms with Gasteiger partial charge in [-0.05, 0) is 109 Å². The lowest BCUT2D eigenvalue weighted by Crippen LogP contribution is -2.49. The number of hydrogen-bond acceptors (Lipinski definition) is 19. The molecule has 0 unspecified atom stereocenters. The van der Waals surface area contributed by atoms with E-state index < -0.39 is 22.5 Å². The predicted molar refractivity (Wildman–Crippen MR) is 314 cm³/mol. The van der Waals surface area contributed by atoms with Crippen LogP contribution in [-0.2, 0) is 44.4 Å². The minimum atomic E-state index is -0.644. The Balaban J connectivity index is 0.642. The molecule has 8 rings (SSSR count). The molecule has 2 aliphatic heterocycles. The van der Waals surface area contributed by atoms with E-state index in [4.69, 9.17) is 28.4 Å². The fraction of sp³-hybridized carbons (Fsp3) is 0.439. The van der Waals surface area contributed by atoms with Gasteiger partial charge in [-0.15, -0.1) is 0 Å². The third-order valence-electron chi connectivity index (χ3n) is 13.5. The van der Waals surface area contributed by atoms with E-state index in [2.05, 4.69) is 56.9 Å². The number of anilines is 6. The van der Waals surface area contributed by atoms with E-state index >= 15 is 0 Å². The van der Waals surface area contributed by atoms with Crippen LogP contribution in [0.4, 0.5) is 47.5 Å². The highest BCUT2D eigenvalue weighted by atomic mass is 32.1. The summed E-state index contributed by atoms with van der Waals surface area (Å²) in [5.41, 5.74) is 5.33. The highest BCUT2D eigenvalue weighted by molar-refractivity contribution is 7.19. The van der Waals surface area contributed by atoms with Crippen molar-refractivity contribution < 1.29 is 61.3 Å². The van der Waals surface area contributed by atoms with E-state index in [1.807, 2.05) is 36.4 Å². The lowest BCUT2D eigenvalue weighted by molar-refractivity contribution is -0.380. The van der Waals surface area contributed by atoms with Gasteiger partial charge in [0.15, 0.2) is 10.9 Å². The van der Waals surface area contributed by atoms with Gasteiger partial charge >= 0.3 is 5.00 Å². The summed E-state index contributed by atoms with van der Waals surface area (Å²) in [6, 6.07) is 19.7. The molecule has 4 aromatic carbocycles. The SMILES string of the molecule is CC(=O)Nc1cc(NCCOCCOCCOCCOCCOCCNC(=O)CN2CCN(c3ccc(C(=O)Nc4n[nH]c5ccc(Cc6cc(F)cc(F)c6)cc45)c(NC4CCOCC4)c3)CC2)ccc1C(=O)Nc1nc(C)c([N+](=O)[O-])s1. The highest BCUT2D eigenvalue weighted by Crippen LogP contribution is 2.32. The van der Waals surface area contributed by atoms with Crippen LogP contribution in [0, 0.1) is 28.7 Å². The zero-order valence-corrected chi connectivity index (χ0v) is 47.7. The molecular formula is C57H70F2N12O12S. The predicted octanol–water partition coefficient (Wildman–Crippen LogP) is 6.59. The summed E-state index contributed by atoms with van der Waals surface area (Å²) in [6.07, 6.45) is 1.89. The van der Waals surface area contributed by atoms with Crippen LogP contribution < -0.4 is 36.8 Å². The van der Waals surface area contributed by atoms with Crippen molar-refractivity contribution in [2.24, 2.45) is 0 Å². The summed E-state index contributed by atoms with van der Waals surface area (Å²) in [7, 11) is 0. The molecular weight excluding hydrogens is 1110 g/mol. The fourth-order valence-electron chi connectivity index (χ4n) is 9.35. The molecule has 84 heavy (non-hydrogen) atoms. The topological polar surface area (TPSA) is 287 Å². The Labute approximate surface area is 487 Å². The van der Waals surface area contributed by atoms with Crippen molar-refractivity contribution >= 4 is 84.6 Å². The van der Waals surface area contributed by atoms with Crippen molar-refractivity contribution in [2.75, 3.05) is 157 Å². The molecule has 4 heterocycles. The maximum Gasteiger partial charge on any atom is 0.348 e. The third-order valence-corrected chi connectivity index (χ3v) is 14.5. The van der Waals surface area contributed by atoms with Crippen LogP contribution in [-0.4, -0.2) is 180 Å². The molecule has 0 saturated carbocycles. The molecule has 0 atom stereocenters. The van der Waals surface area contributed by atoms with E-state index in [0.717, 1.165) is 41.5 Å². The minimum Gasteiger partial charge on any atom is -0.383 e. The Hall–Kier alpha value is -7.76. The number of halogens is 2. The zero-order chi connectivity index (χ0) is 59.2. The number of aromatic nitrogens is 3. The Morgan fingerprint density at radius 3 is 2.02 bits per heavy atom. The van der Waals surface area contributed by atoms with Gasteiger partial charge in [0.1, 0.15) is 17.3 Å². The number of nitrogens with one attached hydrogen (secondary N) is 7. The summed E-state index contributed by atoms with van der Waals surface area (Å²) >= 11 is 0.748. The van der Waals surface area contributed by atoms with Crippen molar-refractivity contribution in [1.82, 2.24) is 25.4 Å². The quantitative estimate of drug-likeness (QED) is 0.0133. The second kappa shape index (κ2) is 31.8. The molecule has 2 aliphatic rings. The van der Waals surface area contributed by atoms with Gasteiger partial charge in [-0.25, -0.2) is 13.8 Å². The van der Waals surface area contributed by atoms with Crippen LogP contribution in [0.25, 0.3) is 10.9 Å². The van der Waals surface area contributed by atoms with Crippen LogP contribution in [0.5, 0.6) is 0 Å². The number of amides is 4. The van der Waals surface area contributed by atoms with E-state index in [-0.39, 0.29) is 57.4 Å². The monoisotopic (exact) mass is 1180 g/mol. The second-order valence-corrected chi connectivity index (χ2v) is 20.8. The molecule has 2 saturated heterocycles. The summed E-state index contributed by atoms with van der Waals surface area (Å²) in [5.74, 6) is -2.33. The van der Waals surface area contributed by atoms with Gasteiger partial charge in [-0.1, -0.05) is 6.07 Å².